The summed E-state index contributed by atoms with van der Waals surface area (Å²) in [5.41, 5.74) is 7.56. The lowest BCUT2D eigenvalue weighted by molar-refractivity contribution is 0.250. The quantitative estimate of drug-likeness (QED) is 0.808. The van der Waals surface area contributed by atoms with Crippen LogP contribution in [0, 0.1) is 0 Å². The monoisotopic (exact) mass is 219 g/mol. The Kier molecular flexibility index (Phi) is 3.10. The minimum atomic E-state index is -0.0129. The summed E-state index contributed by atoms with van der Waals surface area (Å²) in [4.78, 5) is 13.5. The van der Waals surface area contributed by atoms with E-state index in [0.717, 1.165) is 24.2 Å². The van der Waals surface area contributed by atoms with Gasteiger partial charge in [-0.05, 0) is 24.1 Å². The first-order valence-electron chi connectivity index (χ1n) is 5.61. The van der Waals surface area contributed by atoms with Crippen LogP contribution in [0.1, 0.15) is 18.9 Å². The number of anilines is 1. The maximum atomic E-state index is 11.7. The van der Waals surface area contributed by atoms with Crippen LogP contribution >= 0.6 is 0 Å². The third kappa shape index (κ3) is 2.02. The van der Waals surface area contributed by atoms with Gasteiger partial charge < -0.3 is 11.1 Å². The van der Waals surface area contributed by atoms with Crippen molar-refractivity contribution in [2.75, 3.05) is 11.4 Å². The smallest absolute Gasteiger partial charge is 0.322 e. The molecule has 16 heavy (non-hydrogen) atoms. The molecule has 0 aliphatic carbocycles. The Morgan fingerprint density at radius 3 is 3.00 bits per heavy atom. The SMILES string of the molecule is CCC1CN(c2cccc(CN)c2)C(=O)N1. The summed E-state index contributed by atoms with van der Waals surface area (Å²) >= 11 is 0. The third-order valence-corrected chi connectivity index (χ3v) is 2.93. The number of carbonyl (C=O) groups excluding carboxylic acids is 1. The fourth-order valence-corrected chi connectivity index (χ4v) is 1.91. The van der Waals surface area contributed by atoms with E-state index in [4.69, 9.17) is 5.73 Å². The van der Waals surface area contributed by atoms with Crippen molar-refractivity contribution in [1.29, 1.82) is 0 Å². The first-order chi connectivity index (χ1) is 7.74. The summed E-state index contributed by atoms with van der Waals surface area (Å²) < 4.78 is 0. The minimum Gasteiger partial charge on any atom is -0.333 e. The van der Waals surface area contributed by atoms with Crippen molar-refractivity contribution in [1.82, 2.24) is 5.32 Å². The number of urea groups is 1. The van der Waals surface area contributed by atoms with Crippen LogP contribution < -0.4 is 16.0 Å². The van der Waals surface area contributed by atoms with Crippen LogP contribution in [-0.4, -0.2) is 18.6 Å². The maximum Gasteiger partial charge on any atom is 0.322 e. The maximum absolute atomic E-state index is 11.7. The number of nitrogens with two attached hydrogens (primary N) is 1. The third-order valence-electron chi connectivity index (χ3n) is 2.93. The van der Waals surface area contributed by atoms with Crippen LogP contribution in [0.3, 0.4) is 0 Å². The van der Waals surface area contributed by atoms with Gasteiger partial charge in [-0.25, -0.2) is 4.79 Å². The molecule has 3 N–H and O–H groups in total. The molecule has 0 radical (unpaired) electrons. The molecule has 2 rings (SSSR count). The molecule has 1 aliphatic rings. The number of rotatable bonds is 3. The molecule has 0 aromatic heterocycles. The van der Waals surface area contributed by atoms with Crippen molar-refractivity contribution in [2.24, 2.45) is 5.73 Å². The molecular weight excluding hydrogens is 202 g/mol. The molecule has 1 heterocycles. The van der Waals surface area contributed by atoms with Gasteiger partial charge in [0.15, 0.2) is 0 Å². The molecule has 1 aromatic rings. The Morgan fingerprint density at radius 2 is 2.38 bits per heavy atom. The molecule has 2 amide bonds. The van der Waals surface area contributed by atoms with Crippen molar-refractivity contribution in [3.05, 3.63) is 29.8 Å². The van der Waals surface area contributed by atoms with E-state index in [2.05, 4.69) is 12.2 Å². The number of nitrogens with zero attached hydrogens (tertiary/aromatic N) is 1. The lowest BCUT2D eigenvalue weighted by Gasteiger charge is -2.15. The van der Waals surface area contributed by atoms with E-state index in [9.17, 15) is 4.79 Å². The Balaban J connectivity index is 2.20. The van der Waals surface area contributed by atoms with Crippen molar-refractivity contribution in [3.63, 3.8) is 0 Å². The van der Waals surface area contributed by atoms with Crippen molar-refractivity contribution in [2.45, 2.75) is 25.9 Å². The molecule has 1 unspecified atom stereocenters. The summed E-state index contributed by atoms with van der Waals surface area (Å²) in [6.45, 7) is 3.31. The van der Waals surface area contributed by atoms with Gasteiger partial charge in [-0.2, -0.15) is 0 Å². The zero-order chi connectivity index (χ0) is 11.5. The highest BCUT2D eigenvalue weighted by molar-refractivity contribution is 5.94. The molecule has 0 saturated carbocycles. The number of hydrogen-bond donors (Lipinski definition) is 2. The van der Waals surface area contributed by atoms with E-state index >= 15 is 0 Å². The van der Waals surface area contributed by atoms with Gasteiger partial charge in [0, 0.05) is 24.8 Å². The van der Waals surface area contributed by atoms with Crippen LogP contribution in [0.2, 0.25) is 0 Å². The molecule has 1 aromatic carbocycles. The largest absolute Gasteiger partial charge is 0.333 e. The van der Waals surface area contributed by atoms with E-state index in [1.54, 1.807) is 4.90 Å². The first kappa shape index (κ1) is 11.0. The molecule has 1 atom stereocenters. The number of hydrogen-bond acceptors (Lipinski definition) is 2. The second-order valence-corrected chi connectivity index (χ2v) is 4.04. The lowest BCUT2D eigenvalue weighted by atomic mass is 10.2. The fraction of sp³-hybridized carbons (Fsp3) is 0.417. The second kappa shape index (κ2) is 4.53. The number of benzene rings is 1. The molecule has 0 spiro atoms. The second-order valence-electron chi connectivity index (χ2n) is 4.04. The summed E-state index contributed by atoms with van der Waals surface area (Å²) in [6.07, 6.45) is 0.957. The van der Waals surface area contributed by atoms with Crippen molar-refractivity contribution in [3.8, 4) is 0 Å². The van der Waals surface area contributed by atoms with Gasteiger partial charge >= 0.3 is 6.03 Å². The van der Waals surface area contributed by atoms with Gasteiger partial charge in [-0.1, -0.05) is 19.1 Å². The number of nitrogens with one attached hydrogen (secondary N) is 1. The molecule has 1 saturated heterocycles. The van der Waals surface area contributed by atoms with E-state index in [-0.39, 0.29) is 12.1 Å². The summed E-state index contributed by atoms with van der Waals surface area (Å²) in [6, 6.07) is 8.06. The lowest BCUT2D eigenvalue weighted by Crippen LogP contribution is -2.28. The molecule has 4 nitrogen and oxygen atoms in total. The molecular formula is C12H17N3O. The van der Waals surface area contributed by atoms with Crippen LogP contribution in [0.15, 0.2) is 24.3 Å². The first-order valence-corrected chi connectivity index (χ1v) is 5.61. The minimum absolute atomic E-state index is 0.0129. The van der Waals surface area contributed by atoms with E-state index in [1.165, 1.54) is 0 Å². The normalized spacial score (nSPS) is 20.0. The van der Waals surface area contributed by atoms with Crippen LogP contribution in [0.25, 0.3) is 0 Å². The highest BCUT2D eigenvalue weighted by atomic mass is 16.2. The molecule has 86 valence electrons. The highest BCUT2D eigenvalue weighted by Gasteiger charge is 2.28. The molecule has 1 aliphatic heterocycles. The zero-order valence-electron chi connectivity index (χ0n) is 9.44. The average molecular weight is 219 g/mol. The average Bonchev–Trinajstić information content (AvgIpc) is 2.71. The number of carbonyl (C=O) groups is 1. The summed E-state index contributed by atoms with van der Waals surface area (Å²) in [7, 11) is 0. The Bertz CT molecular complexity index is 392. The summed E-state index contributed by atoms with van der Waals surface area (Å²) in [5, 5.41) is 2.95. The topological polar surface area (TPSA) is 58.4 Å². The van der Waals surface area contributed by atoms with E-state index in [1.807, 2.05) is 24.3 Å². The summed E-state index contributed by atoms with van der Waals surface area (Å²) in [5.74, 6) is 0. The van der Waals surface area contributed by atoms with Crippen LogP contribution in [0.5, 0.6) is 0 Å². The number of amides is 2. The Morgan fingerprint density at radius 1 is 1.56 bits per heavy atom. The molecule has 0 bridgehead atoms. The van der Waals surface area contributed by atoms with E-state index in [0.29, 0.717) is 6.54 Å². The Labute approximate surface area is 95.4 Å². The zero-order valence-corrected chi connectivity index (χ0v) is 9.44. The van der Waals surface area contributed by atoms with Crippen molar-refractivity contribution < 1.29 is 4.79 Å². The predicted molar refractivity (Wildman–Crippen MR) is 64.3 cm³/mol. The van der Waals surface area contributed by atoms with Gasteiger partial charge in [0.1, 0.15) is 0 Å². The van der Waals surface area contributed by atoms with Crippen molar-refractivity contribution >= 4 is 11.7 Å². The standard InChI is InChI=1S/C12H17N3O/c1-2-10-8-15(12(16)14-10)11-5-3-4-9(6-11)7-13/h3-6,10H,2,7-8,13H2,1H3,(H,14,16). The van der Waals surface area contributed by atoms with Gasteiger partial charge in [-0.3, -0.25) is 4.90 Å². The van der Waals surface area contributed by atoms with Crippen LogP contribution in [0.4, 0.5) is 10.5 Å². The van der Waals surface area contributed by atoms with Gasteiger partial charge in [-0.15, -0.1) is 0 Å². The van der Waals surface area contributed by atoms with E-state index < -0.39 is 0 Å². The Hall–Kier alpha value is -1.55. The highest BCUT2D eigenvalue weighted by Crippen LogP contribution is 2.20. The predicted octanol–water partition coefficient (Wildman–Crippen LogP) is 1.45. The molecule has 1 fully saturated rings. The molecule has 4 heteroatoms. The van der Waals surface area contributed by atoms with Crippen LogP contribution in [-0.2, 0) is 6.54 Å². The van der Waals surface area contributed by atoms with Gasteiger partial charge in [0.2, 0.25) is 0 Å². The fourth-order valence-electron chi connectivity index (χ4n) is 1.91. The van der Waals surface area contributed by atoms with Gasteiger partial charge in [0.05, 0.1) is 0 Å². The van der Waals surface area contributed by atoms with Gasteiger partial charge in [0.25, 0.3) is 0 Å².